The van der Waals surface area contributed by atoms with E-state index < -0.39 is 17.7 Å². The Morgan fingerprint density at radius 1 is 1.36 bits per heavy atom. The molecule has 1 amide bonds. The van der Waals surface area contributed by atoms with Crippen LogP contribution in [0.25, 0.3) is 11.5 Å². The molecular weight excluding hydrogens is 290 g/mol. The van der Waals surface area contributed by atoms with Gasteiger partial charge in [-0.3, -0.25) is 5.32 Å². The minimum Gasteiger partial charge on any atom is -0.476 e. The van der Waals surface area contributed by atoms with E-state index in [2.05, 4.69) is 15.3 Å². The summed E-state index contributed by atoms with van der Waals surface area (Å²) in [5.41, 5.74) is -0.345. The first-order chi connectivity index (χ1) is 10.2. The van der Waals surface area contributed by atoms with Crippen LogP contribution in [0, 0.1) is 0 Å². The van der Waals surface area contributed by atoms with Crippen molar-refractivity contribution in [3.63, 3.8) is 0 Å². The average molecular weight is 305 g/mol. The predicted molar refractivity (Wildman–Crippen MR) is 76.6 cm³/mol. The number of nitrogens with one attached hydrogen (secondary N) is 1. The molecular formula is C14H15N3O5. The molecule has 0 aliphatic heterocycles. The zero-order valence-electron chi connectivity index (χ0n) is 12.3. The second kappa shape index (κ2) is 5.84. The number of amides is 1. The number of carboxylic acids is 1. The Bertz CT molecular complexity index is 702. The lowest BCUT2D eigenvalue weighted by atomic mass is 10.2. The van der Waals surface area contributed by atoms with E-state index in [1.807, 2.05) is 0 Å². The van der Waals surface area contributed by atoms with Crippen molar-refractivity contribution in [1.29, 1.82) is 0 Å². The molecule has 0 saturated heterocycles. The predicted octanol–water partition coefficient (Wildman–Crippen LogP) is 2.78. The van der Waals surface area contributed by atoms with Crippen molar-refractivity contribution in [3.8, 4) is 11.5 Å². The highest BCUT2D eigenvalue weighted by Gasteiger charge is 2.17. The van der Waals surface area contributed by atoms with E-state index in [4.69, 9.17) is 14.3 Å². The van der Waals surface area contributed by atoms with E-state index in [9.17, 15) is 9.59 Å². The fourth-order valence-corrected chi connectivity index (χ4v) is 1.54. The molecule has 2 aromatic rings. The Morgan fingerprint density at radius 2 is 2.09 bits per heavy atom. The maximum atomic E-state index is 11.7. The van der Waals surface area contributed by atoms with Crippen molar-refractivity contribution in [1.82, 2.24) is 9.97 Å². The van der Waals surface area contributed by atoms with Crippen LogP contribution in [-0.4, -0.2) is 32.7 Å². The fourth-order valence-electron chi connectivity index (χ4n) is 1.54. The number of carbonyl (C=O) groups excluding carboxylic acids is 1. The normalized spacial score (nSPS) is 11.0. The molecule has 0 aliphatic carbocycles. The van der Waals surface area contributed by atoms with Crippen molar-refractivity contribution in [2.24, 2.45) is 0 Å². The van der Waals surface area contributed by atoms with Crippen LogP contribution in [0.3, 0.4) is 0 Å². The van der Waals surface area contributed by atoms with Gasteiger partial charge in [-0.2, -0.15) is 0 Å². The van der Waals surface area contributed by atoms with Gasteiger partial charge in [-0.05, 0) is 32.9 Å². The number of aromatic nitrogens is 2. The maximum absolute atomic E-state index is 11.7. The molecule has 0 fully saturated rings. The van der Waals surface area contributed by atoms with Gasteiger partial charge in [0.25, 0.3) is 0 Å². The zero-order chi connectivity index (χ0) is 16.3. The molecule has 8 nitrogen and oxygen atoms in total. The van der Waals surface area contributed by atoms with Gasteiger partial charge in [-0.1, -0.05) is 0 Å². The van der Waals surface area contributed by atoms with Crippen molar-refractivity contribution in [2.45, 2.75) is 26.4 Å². The van der Waals surface area contributed by atoms with Crippen molar-refractivity contribution < 1.29 is 23.8 Å². The minimum absolute atomic E-state index is 0.118. The van der Waals surface area contributed by atoms with Crippen LogP contribution >= 0.6 is 0 Å². The van der Waals surface area contributed by atoms with Crippen LogP contribution in [0.1, 0.15) is 31.3 Å². The third kappa shape index (κ3) is 4.05. The van der Waals surface area contributed by atoms with Gasteiger partial charge in [0.1, 0.15) is 17.7 Å². The number of pyridine rings is 1. The number of oxazole rings is 1. The second-order valence-corrected chi connectivity index (χ2v) is 5.40. The van der Waals surface area contributed by atoms with Crippen LogP contribution in [0.5, 0.6) is 0 Å². The van der Waals surface area contributed by atoms with E-state index >= 15 is 0 Å². The Balaban J connectivity index is 2.16. The lowest BCUT2D eigenvalue weighted by Gasteiger charge is -2.19. The Hall–Kier alpha value is -2.90. The van der Waals surface area contributed by atoms with Gasteiger partial charge in [0, 0.05) is 11.8 Å². The van der Waals surface area contributed by atoms with E-state index in [1.165, 1.54) is 12.3 Å². The smallest absolute Gasteiger partial charge is 0.413 e. The summed E-state index contributed by atoms with van der Waals surface area (Å²) in [6, 6.07) is 3.08. The number of carboxylic acid groups (broad SMARTS) is 1. The number of hydrogen-bond acceptors (Lipinski definition) is 6. The molecule has 0 radical (unpaired) electrons. The van der Waals surface area contributed by atoms with Gasteiger partial charge in [0.05, 0.1) is 0 Å². The summed E-state index contributed by atoms with van der Waals surface area (Å²) >= 11 is 0. The molecule has 2 rings (SSSR count). The zero-order valence-corrected chi connectivity index (χ0v) is 12.3. The van der Waals surface area contributed by atoms with E-state index in [0.717, 1.165) is 6.26 Å². The van der Waals surface area contributed by atoms with Gasteiger partial charge in [0.15, 0.2) is 5.69 Å². The molecule has 0 saturated carbocycles. The Kier molecular flexibility index (Phi) is 4.11. The van der Waals surface area contributed by atoms with Crippen LogP contribution in [0.4, 0.5) is 10.6 Å². The molecule has 116 valence electrons. The number of aromatic carboxylic acids is 1. The number of rotatable bonds is 3. The first-order valence-electron chi connectivity index (χ1n) is 6.40. The van der Waals surface area contributed by atoms with Crippen LogP contribution in [-0.2, 0) is 4.74 Å². The first-order valence-corrected chi connectivity index (χ1v) is 6.40. The van der Waals surface area contributed by atoms with Gasteiger partial charge < -0.3 is 14.3 Å². The molecule has 0 spiro atoms. The third-order valence-corrected chi connectivity index (χ3v) is 2.36. The highest BCUT2D eigenvalue weighted by atomic mass is 16.6. The lowest BCUT2D eigenvalue weighted by Crippen LogP contribution is -2.27. The first kappa shape index (κ1) is 15.5. The molecule has 2 aromatic heterocycles. The van der Waals surface area contributed by atoms with Crippen molar-refractivity contribution >= 4 is 17.9 Å². The largest absolute Gasteiger partial charge is 0.476 e. The fraction of sp³-hybridized carbons (Fsp3) is 0.286. The van der Waals surface area contributed by atoms with E-state index in [-0.39, 0.29) is 17.4 Å². The van der Waals surface area contributed by atoms with Gasteiger partial charge in [0.2, 0.25) is 5.89 Å². The van der Waals surface area contributed by atoms with E-state index in [0.29, 0.717) is 5.56 Å². The summed E-state index contributed by atoms with van der Waals surface area (Å²) in [5, 5.41) is 11.3. The topological polar surface area (TPSA) is 115 Å². The molecule has 8 heteroatoms. The summed E-state index contributed by atoms with van der Waals surface area (Å²) < 4.78 is 10.2. The highest BCUT2D eigenvalue weighted by Crippen LogP contribution is 2.21. The van der Waals surface area contributed by atoms with Gasteiger partial charge in [-0.25, -0.2) is 19.6 Å². The van der Waals surface area contributed by atoms with Crippen molar-refractivity contribution in [2.75, 3.05) is 5.32 Å². The number of anilines is 1. The lowest BCUT2D eigenvalue weighted by molar-refractivity contribution is 0.0633. The van der Waals surface area contributed by atoms with Gasteiger partial charge >= 0.3 is 12.1 Å². The standard InChI is InChI=1S/C14H15N3O5/c1-14(2,3)22-13(20)17-10-6-8(4-5-15-10)11-16-9(7-21-11)12(18)19/h4-7H,1-3H3,(H,18,19)(H,15,17,20). The minimum atomic E-state index is -1.18. The van der Waals surface area contributed by atoms with Crippen LogP contribution in [0.2, 0.25) is 0 Å². The number of hydrogen-bond donors (Lipinski definition) is 2. The summed E-state index contributed by atoms with van der Waals surface area (Å²) in [7, 11) is 0. The summed E-state index contributed by atoms with van der Waals surface area (Å²) in [6.45, 7) is 5.24. The summed E-state index contributed by atoms with van der Waals surface area (Å²) in [6.07, 6.45) is 1.84. The highest BCUT2D eigenvalue weighted by molar-refractivity contribution is 5.86. The molecule has 0 aromatic carbocycles. The molecule has 0 bridgehead atoms. The monoisotopic (exact) mass is 305 g/mol. The second-order valence-electron chi connectivity index (χ2n) is 5.40. The quantitative estimate of drug-likeness (QED) is 0.895. The SMILES string of the molecule is CC(C)(C)OC(=O)Nc1cc(-c2nc(C(=O)O)co2)ccn1. The van der Waals surface area contributed by atoms with Crippen molar-refractivity contribution in [3.05, 3.63) is 30.3 Å². The van der Waals surface area contributed by atoms with Gasteiger partial charge in [-0.15, -0.1) is 0 Å². The molecule has 0 unspecified atom stereocenters. The molecule has 2 N–H and O–H groups in total. The van der Waals surface area contributed by atoms with Crippen LogP contribution in [0.15, 0.2) is 29.0 Å². The maximum Gasteiger partial charge on any atom is 0.413 e. The third-order valence-electron chi connectivity index (χ3n) is 2.36. The number of nitrogens with zero attached hydrogens (tertiary/aromatic N) is 2. The molecule has 0 aliphatic rings. The molecule has 2 heterocycles. The summed E-state index contributed by atoms with van der Waals surface area (Å²) in [5.74, 6) is -0.829. The number of carbonyl (C=O) groups is 2. The molecule has 0 atom stereocenters. The Morgan fingerprint density at radius 3 is 2.68 bits per heavy atom. The van der Waals surface area contributed by atoms with E-state index in [1.54, 1.807) is 26.8 Å². The number of ether oxygens (including phenoxy) is 1. The molecule has 22 heavy (non-hydrogen) atoms. The summed E-state index contributed by atoms with van der Waals surface area (Å²) in [4.78, 5) is 30.3. The Labute approximate surface area is 126 Å². The van der Waals surface area contributed by atoms with Crippen LogP contribution < -0.4 is 5.32 Å². The average Bonchev–Trinajstić information content (AvgIpc) is 2.86.